The molecule has 0 aliphatic carbocycles. The molecule has 108 valence electrons. The molecule has 1 aromatic heterocycles. The number of halogens is 1. The van der Waals surface area contributed by atoms with Gasteiger partial charge in [-0.15, -0.1) is 11.3 Å². The SMILES string of the molecule is Cc1cc(Br)cc(CNC(C)C)c1OCc1cccs1. The number of aryl methyl sites for hydroxylation is 1. The average molecular weight is 354 g/mol. The normalized spacial score (nSPS) is 11.1. The Bertz CT molecular complexity index is 552. The molecule has 0 atom stereocenters. The van der Waals surface area contributed by atoms with Gasteiger partial charge in [0.15, 0.2) is 0 Å². The van der Waals surface area contributed by atoms with Crippen LogP contribution in [0.15, 0.2) is 34.1 Å². The zero-order valence-corrected chi connectivity index (χ0v) is 14.5. The number of rotatable bonds is 6. The Morgan fingerprint density at radius 3 is 2.80 bits per heavy atom. The molecule has 1 heterocycles. The second kappa shape index (κ2) is 7.25. The molecule has 0 amide bonds. The first kappa shape index (κ1) is 15.5. The van der Waals surface area contributed by atoms with E-state index in [4.69, 9.17) is 4.74 Å². The Morgan fingerprint density at radius 1 is 1.35 bits per heavy atom. The molecule has 0 spiro atoms. The van der Waals surface area contributed by atoms with E-state index in [-0.39, 0.29) is 0 Å². The molecule has 2 aromatic rings. The van der Waals surface area contributed by atoms with E-state index in [0.29, 0.717) is 12.6 Å². The van der Waals surface area contributed by atoms with Crippen LogP contribution in [0, 0.1) is 6.92 Å². The van der Waals surface area contributed by atoms with Gasteiger partial charge in [0.2, 0.25) is 0 Å². The summed E-state index contributed by atoms with van der Waals surface area (Å²) in [5.74, 6) is 0.995. The van der Waals surface area contributed by atoms with Crippen molar-refractivity contribution in [2.24, 2.45) is 0 Å². The molecule has 20 heavy (non-hydrogen) atoms. The van der Waals surface area contributed by atoms with Crippen LogP contribution in [0.4, 0.5) is 0 Å². The first-order valence-corrected chi connectivity index (χ1v) is 8.41. The van der Waals surface area contributed by atoms with E-state index < -0.39 is 0 Å². The third-order valence-electron chi connectivity index (χ3n) is 2.96. The predicted octanol–water partition coefficient (Wildman–Crippen LogP) is 4.90. The maximum absolute atomic E-state index is 6.05. The van der Waals surface area contributed by atoms with Crippen LogP contribution in [-0.4, -0.2) is 6.04 Å². The van der Waals surface area contributed by atoms with Gasteiger partial charge in [0, 0.05) is 27.5 Å². The Balaban J connectivity index is 2.16. The second-order valence-corrected chi connectivity index (χ2v) is 7.06. The van der Waals surface area contributed by atoms with Gasteiger partial charge in [-0.05, 0) is 36.1 Å². The third kappa shape index (κ3) is 4.33. The molecule has 0 aliphatic heterocycles. The number of thiophene rings is 1. The van der Waals surface area contributed by atoms with Crippen molar-refractivity contribution in [3.63, 3.8) is 0 Å². The van der Waals surface area contributed by atoms with E-state index in [1.807, 2.05) is 0 Å². The van der Waals surface area contributed by atoms with Gasteiger partial charge < -0.3 is 10.1 Å². The molecule has 0 bridgehead atoms. The standard InChI is InChI=1S/C16H20BrNOS/c1-11(2)18-9-13-8-14(17)7-12(3)16(13)19-10-15-5-4-6-20-15/h4-8,11,18H,9-10H2,1-3H3. The Morgan fingerprint density at radius 2 is 2.15 bits per heavy atom. The van der Waals surface area contributed by atoms with Gasteiger partial charge in [-0.2, -0.15) is 0 Å². The van der Waals surface area contributed by atoms with E-state index in [0.717, 1.165) is 22.3 Å². The van der Waals surface area contributed by atoms with E-state index in [1.54, 1.807) is 11.3 Å². The molecular formula is C16H20BrNOS. The number of nitrogens with one attached hydrogen (secondary N) is 1. The van der Waals surface area contributed by atoms with Gasteiger partial charge in [0.05, 0.1) is 0 Å². The molecule has 2 rings (SSSR count). The van der Waals surface area contributed by atoms with Gasteiger partial charge in [0.25, 0.3) is 0 Å². The molecule has 4 heteroatoms. The average Bonchev–Trinajstić information content (AvgIpc) is 2.88. The molecule has 0 saturated heterocycles. The minimum absolute atomic E-state index is 0.458. The molecule has 1 aromatic carbocycles. The monoisotopic (exact) mass is 353 g/mol. The maximum Gasteiger partial charge on any atom is 0.127 e. The zero-order chi connectivity index (χ0) is 14.5. The quantitative estimate of drug-likeness (QED) is 0.797. The van der Waals surface area contributed by atoms with Crippen molar-refractivity contribution in [3.05, 3.63) is 50.1 Å². The van der Waals surface area contributed by atoms with Crippen LogP contribution in [-0.2, 0) is 13.2 Å². The van der Waals surface area contributed by atoms with E-state index in [1.165, 1.54) is 10.4 Å². The number of ether oxygens (including phenoxy) is 1. The summed E-state index contributed by atoms with van der Waals surface area (Å²) < 4.78 is 7.15. The van der Waals surface area contributed by atoms with E-state index in [2.05, 4.69) is 71.7 Å². The predicted molar refractivity (Wildman–Crippen MR) is 89.5 cm³/mol. The fraction of sp³-hybridized carbons (Fsp3) is 0.375. The molecule has 2 nitrogen and oxygen atoms in total. The van der Waals surface area contributed by atoms with Crippen LogP contribution in [0.2, 0.25) is 0 Å². The maximum atomic E-state index is 6.05. The highest BCUT2D eigenvalue weighted by molar-refractivity contribution is 9.10. The minimum atomic E-state index is 0.458. The second-order valence-electron chi connectivity index (χ2n) is 5.11. The van der Waals surface area contributed by atoms with Crippen LogP contribution in [0.25, 0.3) is 0 Å². The van der Waals surface area contributed by atoms with Gasteiger partial charge in [0.1, 0.15) is 12.4 Å². The molecule has 1 N–H and O–H groups in total. The summed E-state index contributed by atoms with van der Waals surface area (Å²) >= 11 is 5.29. The van der Waals surface area contributed by atoms with Crippen molar-refractivity contribution < 1.29 is 4.74 Å². The molecule has 0 saturated carbocycles. The topological polar surface area (TPSA) is 21.3 Å². The van der Waals surface area contributed by atoms with Crippen LogP contribution in [0.3, 0.4) is 0 Å². The largest absolute Gasteiger partial charge is 0.487 e. The fourth-order valence-corrected chi connectivity index (χ4v) is 3.22. The smallest absolute Gasteiger partial charge is 0.127 e. The summed E-state index contributed by atoms with van der Waals surface area (Å²) in [5.41, 5.74) is 2.36. The highest BCUT2D eigenvalue weighted by Crippen LogP contribution is 2.29. The van der Waals surface area contributed by atoms with Crippen molar-refractivity contribution in [2.45, 2.75) is 40.0 Å². The Labute approximate surface area is 133 Å². The van der Waals surface area contributed by atoms with Crippen molar-refractivity contribution in [1.82, 2.24) is 5.32 Å². The Hall–Kier alpha value is -0.840. The van der Waals surface area contributed by atoms with Crippen molar-refractivity contribution in [1.29, 1.82) is 0 Å². The summed E-state index contributed by atoms with van der Waals surface area (Å²) in [6.45, 7) is 7.84. The highest BCUT2D eigenvalue weighted by Gasteiger charge is 2.10. The zero-order valence-electron chi connectivity index (χ0n) is 12.1. The van der Waals surface area contributed by atoms with Crippen LogP contribution in [0.1, 0.15) is 29.9 Å². The third-order valence-corrected chi connectivity index (χ3v) is 4.26. The lowest BCUT2D eigenvalue weighted by molar-refractivity contribution is 0.303. The van der Waals surface area contributed by atoms with Gasteiger partial charge in [-0.1, -0.05) is 35.8 Å². The lowest BCUT2D eigenvalue weighted by Crippen LogP contribution is -2.22. The summed E-state index contributed by atoms with van der Waals surface area (Å²) in [6, 6.07) is 8.85. The van der Waals surface area contributed by atoms with Crippen LogP contribution in [0.5, 0.6) is 5.75 Å². The van der Waals surface area contributed by atoms with Crippen molar-refractivity contribution in [2.75, 3.05) is 0 Å². The molecule has 0 aliphatic rings. The lowest BCUT2D eigenvalue weighted by Gasteiger charge is -2.16. The summed E-state index contributed by atoms with van der Waals surface area (Å²) in [7, 11) is 0. The van der Waals surface area contributed by atoms with Crippen LogP contribution >= 0.6 is 27.3 Å². The van der Waals surface area contributed by atoms with Crippen LogP contribution < -0.4 is 10.1 Å². The highest BCUT2D eigenvalue weighted by atomic mass is 79.9. The van der Waals surface area contributed by atoms with Crippen molar-refractivity contribution in [3.8, 4) is 5.75 Å². The first-order chi connectivity index (χ1) is 9.56. The first-order valence-electron chi connectivity index (χ1n) is 6.74. The molecule has 0 fully saturated rings. The van der Waals surface area contributed by atoms with Gasteiger partial charge >= 0.3 is 0 Å². The summed E-state index contributed by atoms with van der Waals surface area (Å²) in [6.07, 6.45) is 0. The van der Waals surface area contributed by atoms with Gasteiger partial charge in [-0.25, -0.2) is 0 Å². The number of hydrogen-bond acceptors (Lipinski definition) is 3. The molecule has 0 radical (unpaired) electrons. The Kier molecular flexibility index (Phi) is 5.64. The number of benzene rings is 1. The van der Waals surface area contributed by atoms with Crippen molar-refractivity contribution >= 4 is 27.3 Å². The number of hydrogen-bond donors (Lipinski definition) is 1. The summed E-state index contributed by atoms with van der Waals surface area (Å²) in [4.78, 5) is 1.25. The fourth-order valence-electron chi connectivity index (χ4n) is 1.99. The van der Waals surface area contributed by atoms with E-state index in [9.17, 15) is 0 Å². The molecule has 0 unspecified atom stereocenters. The summed E-state index contributed by atoms with van der Waals surface area (Å²) in [5, 5.41) is 5.53. The van der Waals surface area contributed by atoms with Gasteiger partial charge in [-0.3, -0.25) is 0 Å². The molecular weight excluding hydrogens is 334 g/mol. The lowest BCUT2D eigenvalue weighted by atomic mass is 10.1. The minimum Gasteiger partial charge on any atom is -0.487 e. The van der Waals surface area contributed by atoms with E-state index >= 15 is 0 Å².